The normalized spacial score (nSPS) is 11.1. The molecule has 4 aromatic rings. The fourth-order valence-electron chi connectivity index (χ4n) is 2.94. The van der Waals surface area contributed by atoms with E-state index in [2.05, 4.69) is 34.8 Å². The van der Waals surface area contributed by atoms with Gasteiger partial charge in [-0.1, -0.05) is 42.5 Å². The number of amides is 1. The first-order valence-corrected chi connectivity index (χ1v) is 8.50. The number of hydrogen-bond acceptors (Lipinski definition) is 3. The lowest BCUT2D eigenvalue weighted by atomic mass is 10.1. The summed E-state index contributed by atoms with van der Waals surface area (Å²) in [4.78, 5) is 12.1. The van der Waals surface area contributed by atoms with Gasteiger partial charge in [0.2, 0.25) is 0 Å². The predicted octanol–water partition coefficient (Wildman–Crippen LogP) is 4.10. The van der Waals surface area contributed by atoms with Crippen LogP contribution in [0.2, 0.25) is 0 Å². The number of carbonyl (C=O) groups is 1. The highest BCUT2D eigenvalue weighted by molar-refractivity contribution is 5.97. The second-order valence-corrected chi connectivity index (χ2v) is 6.05. The number of fused-ring (bicyclic) bond motifs is 1. The fourth-order valence-corrected chi connectivity index (χ4v) is 2.94. The summed E-state index contributed by atoms with van der Waals surface area (Å²) in [6.07, 6.45) is 3.52. The monoisotopic (exact) mass is 355 g/mol. The molecule has 0 aliphatic rings. The highest BCUT2D eigenvalue weighted by atomic mass is 16.3. The highest BCUT2D eigenvalue weighted by Gasteiger charge is 2.09. The number of rotatable bonds is 4. The van der Waals surface area contributed by atoms with Crippen LogP contribution < -0.4 is 5.43 Å². The molecule has 27 heavy (non-hydrogen) atoms. The minimum Gasteiger partial charge on any atom is -0.507 e. The average molecular weight is 355 g/mol. The maximum Gasteiger partial charge on any atom is 0.275 e. The van der Waals surface area contributed by atoms with Crippen LogP contribution in [0.4, 0.5) is 0 Å². The summed E-state index contributed by atoms with van der Waals surface area (Å²) < 4.78 is 1.99. The first kappa shape index (κ1) is 16.6. The first-order chi connectivity index (χ1) is 13.2. The minimum atomic E-state index is -0.465. The number of phenols is 1. The summed E-state index contributed by atoms with van der Waals surface area (Å²) in [5.41, 5.74) is 4.45. The van der Waals surface area contributed by atoms with Gasteiger partial charge in [0.25, 0.3) is 5.91 Å². The van der Waals surface area contributed by atoms with E-state index >= 15 is 0 Å². The largest absolute Gasteiger partial charge is 0.507 e. The van der Waals surface area contributed by atoms with E-state index in [1.165, 1.54) is 17.5 Å². The smallest absolute Gasteiger partial charge is 0.275 e. The van der Waals surface area contributed by atoms with Gasteiger partial charge in [-0.05, 0) is 47.2 Å². The van der Waals surface area contributed by atoms with Crippen molar-refractivity contribution < 1.29 is 9.90 Å². The Balaban J connectivity index is 1.55. The van der Waals surface area contributed by atoms with Crippen molar-refractivity contribution in [3.63, 3.8) is 0 Å². The number of para-hydroxylation sites is 1. The molecule has 0 radical (unpaired) electrons. The summed E-state index contributed by atoms with van der Waals surface area (Å²) in [6.45, 7) is 0. The van der Waals surface area contributed by atoms with Gasteiger partial charge >= 0.3 is 0 Å². The second-order valence-electron chi connectivity index (χ2n) is 6.05. The van der Waals surface area contributed by atoms with Gasteiger partial charge < -0.3 is 9.67 Å². The molecule has 1 aromatic heterocycles. The Hall–Kier alpha value is -3.86. The van der Waals surface area contributed by atoms with Gasteiger partial charge in [-0.2, -0.15) is 5.10 Å². The summed E-state index contributed by atoms with van der Waals surface area (Å²) >= 11 is 0. The standard InChI is InChI=1S/C22H17N3O2/c26-21-10-4-3-9-20(21)22(27)24-23-15-19-8-5-13-25(19)18-12-11-16-6-1-2-7-17(16)14-18/h1-15,26H,(H,24,27)/b23-15-. The van der Waals surface area contributed by atoms with Gasteiger partial charge in [0, 0.05) is 11.9 Å². The zero-order valence-corrected chi connectivity index (χ0v) is 14.4. The molecule has 5 nitrogen and oxygen atoms in total. The van der Waals surface area contributed by atoms with E-state index in [4.69, 9.17) is 0 Å². The number of hydrazone groups is 1. The van der Waals surface area contributed by atoms with Crippen LogP contribution in [0.1, 0.15) is 16.1 Å². The van der Waals surface area contributed by atoms with Crippen LogP contribution in [0.3, 0.4) is 0 Å². The molecule has 1 heterocycles. The number of aromatic hydroxyl groups is 1. The lowest BCUT2D eigenvalue weighted by Gasteiger charge is -2.08. The third-order valence-corrected chi connectivity index (χ3v) is 4.30. The van der Waals surface area contributed by atoms with Crippen molar-refractivity contribution in [1.82, 2.24) is 9.99 Å². The van der Waals surface area contributed by atoms with E-state index in [1.807, 2.05) is 41.1 Å². The number of hydrogen-bond donors (Lipinski definition) is 2. The lowest BCUT2D eigenvalue weighted by Crippen LogP contribution is -2.17. The molecule has 4 rings (SSSR count). The first-order valence-electron chi connectivity index (χ1n) is 8.50. The molecule has 0 atom stereocenters. The van der Waals surface area contributed by atoms with E-state index in [0.717, 1.165) is 16.8 Å². The average Bonchev–Trinajstić information content (AvgIpc) is 3.16. The van der Waals surface area contributed by atoms with Crippen LogP contribution >= 0.6 is 0 Å². The molecule has 0 unspecified atom stereocenters. The molecule has 0 aliphatic heterocycles. The van der Waals surface area contributed by atoms with Gasteiger partial charge in [0.1, 0.15) is 5.75 Å². The minimum absolute atomic E-state index is 0.0789. The SMILES string of the molecule is O=C(N/N=C\c1cccn1-c1ccc2ccccc2c1)c1ccccc1O. The second kappa shape index (κ2) is 7.17. The van der Waals surface area contributed by atoms with Gasteiger partial charge in [-0.15, -0.1) is 0 Å². The molecule has 0 aliphatic carbocycles. The summed E-state index contributed by atoms with van der Waals surface area (Å²) in [5.74, 6) is -0.544. The van der Waals surface area contributed by atoms with Crippen molar-refractivity contribution in [3.8, 4) is 11.4 Å². The quantitative estimate of drug-likeness (QED) is 0.427. The molecule has 132 valence electrons. The number of nitrogens with zero attached hydrogens (tertiary/aromatic N) is 2. The zero-order chi connectivity index (χ0) is 18.6. The summed E-state index contributed by atoms with van der Waals surface area (Å²) in [7, 11) is 0. The topological polar surface area (TPSA) is 66.6 Å². The Morgan fingerprint density at radius 2 is 1.70 bits per heavy atom. The van der Waals surface area contributed by atoms with Gasteiger partial charge in [0.15, 0.2) is 0 Å². The molecule has 3 aromatic carbocycles. The molecule has 0 spiro atoms. The highest BCUT2D eigenvalue weighted by Crippen LogP contribution is 2.20. The third-order valence-electron chi connectivity index (χ3n) is 4.30. The van der Waals surface area contributed by atoms with Crippen LogP contribution in [0.25, 0.3) is 16.5 Å². The number of benzene rings is 3. The molecule has 2 N–H and O–H groups in total. The van der Waals surface area contributed by atoms with Crippen molar-refractivity contribution in [2.24, 2.45) is 5.10 Å². The van der Waals surface area contributed by atoms with Crippen LogP contribution in [0.15, 0.2) is 90.2 Å². The van der Waals surface area contributed by atoms with Crippen molar-refractivity contribution >= 4 is 22.9 Å². The molecule has 0 fully saturated rings. The number of carbonyl (C=O) groups excluding carboxylic acids is 1. The van der Waals surface area contributed by atoms with Crippen molar-refractivity contribution in [2.45, 2.75) is 0 Å². The Morgan fingerprint density at radius 3 is 2.56 bits per heavy atom. The fraction of sp³-hybridized carbons (Fsp3) is 0. The maximum absolute atomic E-state index is 12.1. The maximum atomic E-state index is 12.1. The van der Waals surface area contributed by atoms with Crippen LogP contribution in [0, 0.1) is 0 Å². The molecular formula is C22H17N3O2. The number of nitrogens with one attached hydrogen (secondary N) is 1. The van der Waals surface area contributed by atoms with Gasteiger partial charge in [-0.3, -0.25) is 4.79 Å². The third kappa shape index (κ3) is 3.43. The number of aromatic nitrogens is 1. The van der Waals surface area contributed by atoms with Crippen LogP contribution in [0.5, 0.6) is 5.75 Å². The van der Waals surface area contributed by atoms with Crippen LogP contribution in [-0.2, 0) is 0 Å². The Kier molecular flexibility index (Phi) is 4.41. The zero-order valence-electron chi connectivity index (χ0n) is 14.4. The van der Waals surface area contributed by atoms with E-state index in [1.54, 1.807) is 18.3 Å². The number of phenolic OH excluding ortho intramolecular Hbond substituents is 1. The Bertz CT molecular complexity index is 1140. The Labute approximate surface area is 156 Å². The van der Waals surface area contributed by atoms with Crippen molar-refractivity contribution in [2.75, 3.05) is 0 Å². The molecule has 1 amide bonds. The van der Waals surface area contributed by atoms with E-state index in [0.29, 0.717) is 0 Å². The van der Waals surface area contributed by atoms with Gasteiger partial charge in [0.05, 0.1) is 17.5 Å². The lowest BCUT2D eigenvalue weighted by molar-refractivity contribution is 0.0952. The molecule has 5 heteroatoms. The van der Waals surface area contributed by atoms with Crippen molar-refractivity contribution in [1.29, 1.82) is 0 Å². The summed E-state index contributed by atoms with van der Waals surface area (Å²) in [5, 5.41) is 16.1. The van der Waals surface area contributed by atoms with E-state index in [-0.39, 0.29) is 11.3 Å². The van der Waals surface area contributed by atoms with Crippen LogP contribution in [-0.4, -0.2) is 21.8 Å². The molecule has 0 saturated heterocycles. The summed E-state index contributed by atoms with van der Waals surface area (Å²) in [6, 6.07) is 24.6. The van der Waals surface area contributed by atoms with E-state index in [9.17, 15) is 9.90 Å². The molecule has 0 bridgehead atoms. The molecular weight excluding hydrogens is 338 g/mol. The predicted molar refractivity (Wildman–Crippen MR) is 106 cm³/mol. The Morgan fingerprint density at radius 1 is 0.926 bits per heavy atom. The van der Waals surface area contributed by atoms with Gasteiger partial charge in [-0.25, -0.2) is 5.43 Å². The molecule has 0 saturated carbocycles. The van der Waals surface area contributed by atoms with Crippen molar-refractivity contribution in [3.05, 3.63) is 96.3 Å². The van der Waals surface area contributed by atoms with E-state index < -0.39 is 5.91 Å².